The lowest BCUT2D eigenvalue weighted by Crippen LogP contribution is -2.05. The first-order valence-electron chi connectivity index (χ1n) is 4.81. The van der Waals surface area contributed by atoms with E-state index in [1.807, 2.05) is 0 Å². The maximum atomic E-state index is 12.1. The largest absolute Gasteiger partial charge is 0.273 e. The molecule has 0 atom stereocenters. The molecule has 17 heavy (non-hydrogen) atoms. The highest BCUT2D eigenvalue weighted by molar-refractivity contribution is 7.90. The molecule has 5 nitrogen and oxygen atoms in total. The molecule has 7 heteroatoms. The molecule has 0 N–H and O–H groups in total. The minimum Gasteiger partial charge on any atom is -0.273 e. The Hall–Kier alpha value is -1.40. The number of nitrogens with zero attached hydrogens (tertiary/aromatic N) is 3. The van der Waals surface area contributed by atoms with Crippen LogP contribution in [0.15, 0.2) is 35.5 Å². The molecular formula is C10H10ClN3O2S. The van der Waals surface area contributed by atoms with Crippen molar-refractivity contribution < 1.29 is 8.42 Å². The van der Waals surface area contributed by atoms with Gasteiger partial charge in [-0.1, -0.05) is 17.7 Å². The maximum absolute atomic E-state index is 12.1. The SMILES string of the molecule is Cn1cc(S(=O)(=O)Cc2ccccn2)c(Cl)n1. The molecule has 0 radical (unpaired) electrons. The molecule has 0 spiro atoms. The zero-order valence-corrected chi connectivity index (χ0v) is 10.6. The van der Waals surface area contributed by atoms with E-state index in [2.05, 4.69) is 10.1 Å². The lowest BCUT2D eigenvalue weighted by Gasteiger charge is -2.01. The van der Waals surface area contributed by atoms with Crippen LogP contribution in [-0.4, -0.2) is 23.2 Å². The van der Waals surface area contributed by atoms with Crippen LogP contribution in [0, 0.1) is 0 Å². The summed E-state index contributed by atoms with van der Waals surface area (Å²) < 4.78 is 25.5. The van der Waals surface area contributed by atoms with Gasteiger partial charge in [-0.25, -0.2) is 8.42 Å². The van der Waals surface area contributed by atoms with Crippen LogP contribution in [0.5, 0.6) is 0 Å². The fourth-order valence-electron chi connectivity index (χ4n) is 1.40. The van der Waals surface area contributed by atoms with E-state index in [9.17, 15) is 8.42 Å². The Bertz CT molecular complexity index is 622. The van der Waals surface area contributed by atoms with Crippen LogP contribution in [-0.2, 0) is 22.6 Å². The first kappa shape index (κ1) is 12.1. The van der Waals surface area contributed by atoms with E-state index in [-0.39, 0.29) is 15.8 Å². The second-order valence-electron chi connectivity index (χ2n) is 3.54. The van der Waals surface area contributed by atoms with E-state index in [0.717, 1.165) is 0 Å². The molecule has 0 amide bonds. The van der Waals surface area contributed by atoms with Gasteiger partial charge in [-0.3, -0.25) is 9.67 Å². The topological polar surface area (TPSA) is 64.8 Å². The highest BCUT2D eigenvalue weighted by Gasteiger charge is 2.22. The highest BCUT2D eigenvalue weighted by atomic mass is 35.5. The molecule has 0 aromatic carbocycles. The van der Waals surface area contributed by atoms with Crippen molar-refractivity contribution in [3.63, 3.8) is 0 Å². The minimum atomic E-state index is -3.50. The molecule has 90 valence electrons. The predicted molar refractivity (Wildman–Crippen MR) is 63.3 cm³/mol. The van der Waals surface area contributed by atoms with Crippen molar-refractivity contribution in [2.24, 2.45) is 7.05 Å². The van der Waals surface area contributed by atoms with Crippen molar-refractivity contribution in [1.82, 2.24) is 14.8 Å². The first-order chi connectivity index (χ1) is 7.99. The molecule has 2 rings (SSSR count). The molecule has 0 fully saturated rings. The van der Waals surface area contributed by atoms with E-state index >= 15 is 0 Å². The molecule has 0 saturated carbocycles. The molecule has 0 bridgehead atoms. The van der Waals surface area contributed by atoms with Crippen molar-refractivity contribution in [2.75, 3.05) is 0 Å². The third-order valence-corrected chi connectivity index (χ3v) is 4.19. The van der Waals surface area contributed by atoms with Crippen molar-refractivity contribution in [2.45, 2.75) is 10.6 Å². The van der Waals surface area contributed by atoms with E-state index < -0.39 is 9.84 Å². The van der Waals surface area contributed by atoms with Crippen molar-refractivity contribution in [3.05, 3.63) is 41.4 Å². The summed E-state index contributed by atoms with van der Waals surface area (Å²) in [5.74, 6) is -0.181. The summed E-state index contributed by atoms with van der Waals surface area (Å²) in [6, 6.07) is 5.12. The van der Waals surface area contributed by atoms with E-state index in [0.29, 0.717) is 5.69 Å². The summed E-state index contributed by atoms with van der Waals surface area (Å²) in [6.45, 7) is 0. The van der Waals surface area contributed by atoms with E-state index in [1.54, 1.807) is 31.4 Å². The second-order valence-corrected chi connectivity index (χ2v) is 5.85. The fourth-order valence-corrected chi connectivity index (χ4v) is 3.25. The zero-order chi connectivity index (χ0) is 12.5. The number of rotatable bonds is 3. The smallest absolute Gasteiger partial charge is 0.188 e. The van der Waals surface area contributed by atoms with Gasteiger partial charge in [0.2, 0.25) is 0 Å². The van der Waals surface area contributed by atoms with Crippen LogP contribution in [0.2, 0.25) is 5.15 Å². The quantitative estimate of drug-likeness (QED) is 0.847. The second kappa shape index (κ2) is 4.46. The number of hydrogen-bond donors (Lipinski definition) is 0. The van der Waals surface area contributed by atoms with Crippen molar-refractivity contribution >= 4 is 21.4 Å². The number of aryl methyl sites for hydroxylation is 1. The Morgan fingerprint density at radius 3 is 2.71 bits per heavy atom. The monoisotopic (exact) mass is 271 g/mol. The Labute approximate surface area is 104 Å². The van der Waals surface area contributed by atoms with Gasteiger partial charge in [-0.2, -0.15) is 5.10 Å². The molecule has 2 aromatic rings. The van der Waals surface area contributed by atoms with Gasteiger partial charge in [0.1, 0.15) is 4.90 Å². The van der Waals surface area contributed by atoms with Crippen LogP contribution in [0.4, 0.5) is 0 Å². The van der Waals surface area contributed by atoms with Gasteiger partial charge in [0.15, 0.2) is 15.0 Å². The third-order valence-electron chi connectivity index (χ3n) is 2.15. The molecular weight excluding hydrogens is 262 g/mol. The van der Waals surface area contributed by atoms with Gasteiger partial charge >= 0.3 is 0 Å². The highest BCUT2D eigenvalue weighted by Crippen LogP contribution is 2.22. The first-order valence-corrected chi connectivity index (χ1v) is 6.84. The summed E-state index contributed by atoms with van der Waals surface area (Å²) in [4.78, 5) is 4.01. The van der Waals surface area contributed by atoms with Crippen molar-refractivity contribution in [3.8, 4) is 0 Å². The Morgan fingerprint density at radius 1 is 1.41 bits per heavy atom. The summed E-state index contributed by atoms with van der Waals surface area (Å²) in [5, 5.41) is 3.79. The Morgan fingerprint density at radius 2 is 2.18 bits per heavy atom. The molecule has 0 aliphatic heterocycles. The van der Waals surface area contributed by atoms with Crippen molar-refractivity contribution in [1.29, 1.82) is 0 Å². The lowest BCUT2D eigenvalue weighted by atomic mass is 10.4. The van der Waals surface area contributed by atoms with Gasteiger partial charge in [-0.15, -0.1) is 0 Å². The van der Waals surface area contributed by atoms with Crippen LogP contribution in [0.1, 0.15) is 5.69 Å². The molecule has 2 aromatic heterocycles. The van der Waals surface area contributed by atoms with E-state index in [4.69, 9.17) is 11.6 Å². The maximum Gasteiger partial charge on any atom is 0.188 e. The summed E-state index contributed by atoms with van der Waals surface area (Å²) in [6.07, 6.45) is 2.94. The zero-order valence-electron chi connectivity index (χ0n) is 9.04. The third kappa shape index (κ3) is 2.65. The minimum absolute atomic E-state index is 0.0107. The summed E-state index contributed by atoms with van der Waals surface area (Å²) >= 11 is 5.76. The molecule has 0 saturated heterocycles. The van der Waals surface area contributed by atoms with Gasteiger partial charge in [-0.05, 0) is 12.1 Å². The average Bonchev–Trinajstić information content (AvgIpc) is 2.59. The summed E-state index contributed by atoms with van der Waals surface area (Å²) in [5.41, 5.74) is 0.479. The van der Waals surface area contributed by atoms with Crippen LogP contribution < -0.4 is 0 Å². The van der Waals surface area contributed by atoms with Crippen LogP contribution in [0.25, 0.3) is 0 Å². The number of halogens is 1. The average molecular weight is 272 g/mol. The number of hydrogen-bond acceptors (Lipinski definition) is 4. The number of aromatic nitrogens is 3. The van der Waals surface area contributed by atoms with Gasteiger partial charge < -0.3 is 0 Å². The molecule has 0 aliphatic carbocycles. The van der Waals surface area contributed by atoms with Crippen LogP contribution >= 0.6 is 11.6 Å². The Kier molecular flexibility index (Phi) is 3.17. The summed E-state index contributed by atoms with van der Waals surface area (Å²) in [7, 11) is -1.88. The Balaban J connectivity index is 2.35. The van der Waals surface area contributed by atoms with E-state index in [1.165, 1.54) is 10.9 Å². The standard InChI is InChI=1S/C10H10ClN3O2S/c1-14-6-9(10(11)13-14)17(15,16)7-8-4-2-3-5-12-8/h2-6H,7H2,1H3. The predicted octanol–water partition coefficient (Wildman–Crippen LogP) is 1.44. The lowest BCUT2D eigenvalue weighted by molar-refractivity contribution is 0.594. The molecule has 2 heterocycles. The fraction of sp³-hybridized carbons (Fsp3) is 0.200. The molecule has 0 aliphatic rings. The van der Waals surface area contributed by atoms with Gasteiger partial charge in [0.05, 0.1) is 11.4 Å². The van der Waals surface area contributed by atoms with Gasteiger partial charge in [0.25, 0.3) is 0 Å². The van der Waals surface area contributed by atoms with Crippen LogP contribution in [0.3, 0.4) is 0 Å². The normalized spacial score (nSPS) is 11.6. The number of sulfone groups is 1. The molecule has 0 unspecified atom stereocenters. The number of pyridine rings is 1. The van der Waals surface area contributed by atoms with Gasteiger partial charge in [0, 0.05) is 19.4 Å².